The predicted molar refractivity (Wildman–Crippen MR) is 54.3 cm³/mol. The molecule has 0 fully saturated rings. The summed E-state index contributed by atoms with van der Waals surface area (Å²) in [7, 11) is 0. The van der Waals surface area contributed by atoms with E-state index in [0.717, 1.165) is 5.69 Å². The van der Waals surface area contributed by atoms with Gasteiger partial charge in [0.1, 0.15) is 0 Å². The van der Waals surface area contributed by atoms with Gasteiger partial charge >= 0.3 is 0 Å². The number of nitrogens with zero attached hydrogens (tertiary/aromatic N) is 3. The van der Waals surface area contributed by atoms with Gasteiger partial charge in [0.05, 0.1) is 5.69 Å². The fourth-order valence-electron chi connectivity index (χ4n) is 1.45. The number of carbonyl (C=O) groups is 1. The zero-order valence-electron chi connectivity index (χ0n) is 8.97. The fourth-order valence-corrected chi connectivity index (χ4v) is 1.45. The van der Waals surface area contributed by atoms with E-state index in [1.54, 1.807) is 4.68 Å². The Morgan fingerprint density at radius 1 is 1.60 bits per heavy atom. The highest BCUT2D eigenvalue weighted by Gasteiger charge is 2.19. The van der Waals surface area contributed by atoms with E-state index in [-0.39, 0.29) is 18.2 Å². The topological polar surface area (TPSA) is 94.0 Å². The van der Waals surface area contributed by atoms with E-state index in [1.165, 1.54) is 0 Å². The second kappa shape index (κ2) is 4.88. The Labute approximate surface area is 88.1 Å². The smallest absolute Gasteiger partial charge is 0.271 e. The standard InChI is InChI=1S/C9H16N4O2/c1-6(2)8-7(9(10)15)11-12-13(8)4-3-5-14/h6,14H,3-5H2,1-2H3,(H2,10,15). The fraction of sp³-hybridized carbons (Fsp3) is 0.667. The molecule has 0 aromatic carbocycles. The molecule has 6 heteroatoms. The molecular formula is C9H16N4O2. The molecule has 3 N–H and O–H groups in total. The highest BCUT2D eigenvalue weighted by Crippen LogP contribution is 2.17. The van der Waals surface area contributed by atoms with E-state index in [9.17, 15) is 4.79 Å². The minimum Gasteiger partial charge on any atom is -0.396 e. The normalized spacial score (nSPS) is 10.9. The van der Waals surface area contributed by atoms with E-state index in [2.05, 4.69) is 10.3 Å². The van der Waals surface area contributed by atoms with Crippen molar-refractivity contribution in [3.05, 3.63) is 11.4 Å². The van der Waals surface area contributed by atoms with Gasteiger partial charge in [-0.05, 0) is 12.3 Å². The maximum absolute atomic E-state index is 11.1. The summed E-state index contributed by atoms with van der Waals surface area (Å²) in [6.45, 7) is 4.52. The summed E-state index contributed by atoms with van der Waals surface area (Å²) >= 11 is 0. The number of aromatic nitrogens is 3. The molecule has 0 saturated carbocycles. The van der Waals surface area contributed by atoms with Crippen molar-refractivity contribution < 1.29 is 9.90 Å². The zero-order chi connectivity index (χ0) is 11.4. The lowest BCUT2D eigenvalue weighted by atomic mass is 10.1. The first-order valence-corrected chi connectivity index (χ1v) is 4.92. The average molecular weight is 212 g/mol. The quantitative estimate of drug-likeness (QED) is 0.711. The van der Waals surface area contributed by atoms with Crippen LogP contribution in [0.4, 0.5) is 0 Å². The number of primary amides is 1. The summed E-state index contributed by atoms with van der Waals surface area (Å²) in [4.78, 5) is 11.1. The number of aliphatic hydroxyl groups excluding tert-OH is 1. The Hall–Kier alpha value is -1.43. The molecule has 1 heterocycles. The first-order chi connectivity index (χ1) is 7.07. The van der Waals surface area contributed by atoms with Gasteiger partial charge < -0.3 is 10.8 Å². The van der Waals surface area contributed by atoms with Gasteiger partial charge in [0, 0.05) is 13.2 Å². The van der Waals surface area contributed by atoms with Gasteiger partial charge in [-0.3, -0.25) is 4.79 Å². The van der Waals surface area contributed by atoms with E-state index < -0.39 is 5.91 Å². The molecule has 0 aliphatic heterocycles. The minimum atomic E-state index is -0.561. The van der Waals surface area contributed by atoms with Crippen molar-refractivity contribution in [2.45, 2.75) is 32.7 Å². The van der Waals surface area contributed by atoms with Crippen LogP contribution in [0, 0.1) is 0 Å². The maximum Gasteiger partial charge on any atom is 0.271 e. The lowest BCUT2D eigenvalue weighted by Gasteiger charge is -2.08. The summed E-state index contributed by atoms with van der Waals surface area (Å²) in [5, 5.41) is 16.3. The number of aliphatic hydroxyl groups is 1. The highest BCUT2D eigenvalue weighted by atomic mass is 16.3. The number of aryl methyl sites for hydroxylation is 1. The first-order valence-electron chi connectivity index (χ1n) is 4.92. The SMILES string of the molecule is CC(C)c1c(C(N)=O)nnn1CCCO. The second-order valence-electron chi connectivity index (χ2n) is 3.64. The van der Waals surface area contributed by atoms with Gasteiger partial charge in [0.15, 0.2) is 5.69 Å². The van der Waals surface area contributed by atoms with Crippen LogP contribution in [0.1, 0.15) is 42.4 Å². The molecule has 1 amide bonds. The Balaban J connectivity index is 3.01. The largest absolute Gasteiger partial charge is 0.396 e. The number of nitrogens with two attached hydrogens (primary N) is 1. The summed E-state index contributed by atoms with van der Waals surface area (Å²) in [5.74, 6) is -0.435. The average Bonchev–Trinajstić information content (AvgIpc) is 2.58. The molecule has 0 bridgehead atoms. The Kier molecular flexibility index (Phi) is 3.79. The molecule has 0 aliphatic rings. The van der Waals surface area contributed by atoms with Crippen LogP contribution in [0.3, 0.4) is 0 Å². The molecule has 15 heavy (non-hydrogen) atoms. The van der Waals surface area contributed by atoms with E-state index in [4.69, 9.17) is 10.8 Å². The van der Waals surface area contributed by atoms with Gasteiger partial charge in [0.2, 0.25) is 0 Å². The van der Waals surface area contributed by atoms with Crippen LogP contribution >= 0.6 is 0 Å². The van der Waals surface area contributed by atoms with Gasteiger partial charge in [-0.2, -0.15) is 0 Å². The van der Waals surface area contributed by atoms with Gasteiger partial charge in [-0.25, -0.2) is 4.68 Å². The molecule has 0 spiro atoms. The van der Waals surface area contributed by atoms with Crippen LogP contribution in [-0.4, -0.2) is 32.6 Å². The Morgan fingerprint density at radius 3 is 2.73 bits per heavy atom. The molecule has 0 saturated heterocycles. The van der Waals surface area contributed by atoms with Crippen LogP contribution in [-0.2, 0) is 6.54 Å². The molecule has 0 atom stereocenters. The van der Waals surface area contributed by atoms with E-state index in [0.29, 0.717) is 13.0 Å². The van der Waals surface area contributed by atoms with Crippen LogP contribution in [0.15, 0.2) is 0 Å². The molecule has 0 radical (unpaired) electrons. The van der Waals surface area contributed by atoms with Crippen LogP contribution in [0.5, 0.6) is 0 Å². The molecule has 0 aliphatic carbocycles. The van der Waals surface area contributed by atoms with Gasteiger partial charge in [0.25, 0.3) is 5.91 Å². The van der Waals surface area contributed by atoms with Crippen LogP contribution in [0.25, 0.3) is 0 Å². The zero-order valence-corrected chi connectivity index (χ0v) is 8.97. The van der Waals surface area contributed by atoms with Crippen molar-refractivity contribution in [2.75, 3.05) is 6.61 Å². The molecular weight excluding hydrogens is 196 g/mol. The molecule has 1 aromatic rings. The van der Waals surface area contributed by atoms with Gasteiger partial charge in [-0.1, -0.05) is 19.1 Å². The van der Waals surface area contributed by atoms with Crippen molar-refractivity contribution in [3.8, 4) is 0 Å². The number of hydrogen-bond acceptors (Lipinski definition) is 4. The lowest BCUT2D eigenvalue weighted by Crippen LogP contribution is -2.16. The van der Waals surface area contributed by atoms with Crippen molar-refractivity contribution in [1.29, 1.82) is 0 Å². The second-order valence-corrected chi connectivity index (χ2v) is 3.64. The van der Waals surface area contributed by atoms with Crippen LogP contribution in [0.2, 0.25) is 0 Å². The predicted octanol–water partition coefficient (Wildman–Crippen LogP) is -0.117. The van der Waals surface area contributed by atoms with Gasteiger partial charge in [-0.15, -0.1) is 5.10 Å². The van der Waals surface area contributed by atoms with Crippen molar-refractivity contribution >= 4 is 5.91 Å². The molecule has 1 aromatic heterocycles. The summed E-state index contributed by atoms with van der Waals surface area (Å²) in [6, 6.07) is 0. The lowest BCUT2D eigenvalue weighted by molar-refractivity contribution is 0.0994. The Bertz CT molecular complexity index is 346. The van der Waals surface area contributed by atoms with E-state index >= 15 is 0 Å². The van der Waals surface area contributed by atoms with Crippen molar-refractivity contribution in [2.24, 2.45) is 5.73 Å². The number of carbonyl (C=O) groups excluding carboxylic acids is 1. The summed E-state index contributed by atoms with van der Waals surface area (Å²) in [6.07, 6.45) is 0.585. The molecule has 6 nitrogen and oxygen atoms in total. The third-order valence-corrected chi connectivity index (χ3v) is 2.08. The van der Waals surface area contributed by atoms with Crippen molar-refractivity contribution in [1.82, 2.24) is 15.0 Å². The molecule has 0 unspecified atom stereocenters. The minimum absolute atomic E-state index is 0.0866. The number of hydrogen-bond donors (Lipinski definition) is 2. The maximum atomic E-state index is 11.1. The van der Waals surface area contributed by atoms with Crippen LogP contribution < -0.4 is 5.73 Å². The highest BCUT2D eigenvalue weighted by molar-refractivity contribution is 5.91. The summed E-state index contributed by atoms with van der Waals surface area (Å²) in [5.41, 5.74) is 6.15. The third-order valence-electron chi connectivity index (χ3n) is 2.08. The monoisotopic (exact) mass is 212 g/mol. The first kappa shape index (κ1) is 11.6. The van der Waals surface area contributed by atoms with E-state index in [1.807, 2.05) is 13.8 Å². The number of rotatable bonds is 5. The molecule has 84 valence electrons. The Morgan fingerprint density at radius 2 is 2.27 bits per heavy atom. The van der Waals surface area contributed by atoms with Crippen molar-refractivity contribution in [3.63, 3.8) is 0 Å². The summed E-state index contributed by atoms with van der Waals surface area (Å²) < 4.78 is 1.63. The number of amides is 1. The third kappa shape index (κ3) is 2.53. The molecule has 1 rings (SSSR count).